The average molecular weight is 502 g/mol. The van der Waals surface area contributed by atoms with Gasteiger partial charge >= 0.3 is 0 Å². The van der Waals surface area contributed by atoms with Crippen LogP contribution in [0.25, 0.3) is 23.2 Å². The molecule has 0 fully saturated rings. The van der Waals surface area contributed by atoms with Crippen molar-refractivity contribution >= 4 is 41.6 Å². The van der Waals surface area contributed by atoms with Gasteiger partial charge in [-0.15, -0.1) is 10.2 Å². The van der Waals surface area contributed by atoms with Crippen LogP contribution in [0, 0.1) is 13.8 Å². The Bertz CT molecular complexity index is 1350. The van der Waals surface area contributed by atoms with Gasteiger partial charge in [-0.3, -0.25) is 9.36 Å². The van der Waals surface area contributed by atoms with Crippen molar-refractivity contribution in [2.45, 2.75) is 19.0 Å². The molecule has 1 aromatic heterocycles. The van der Waals surface area contributed by atoms with Gasteiger partial charge in [0.15, 0.2) is 11.0 Å². The molecular formula is C27H24ClN5OS. The average Bonchev–Trinajstić information content (AvgIpc) is 3.28. The summed E-state index contributed by atoms with van der Waals surface area (Å²) in [4.78, 5) is 12.4. The topological polar surface area (TPSA) is 72.2 Å². The number of hydrazone groups is 1. The number of nitrogens with zero attached hydrogens (tertiary/aromatic N) is 4. The van der Waals surface area contributed by atoms with Crippen molar-refractivity contribution in [2.24, 2.45) is 5.10 Å². The van der Waals surface area contributed by atoms with Crippen molar-refractivity contribution in [1.82, 2.24) is 20.2 Å². The number of carbonyl (C=O) groups excluding carboxylic acids is 1. The van der Waals surface area contributed by atoms with Gasteiger partial charge in [-0.1, -0.05) is 101 Å². The summed E-state index contributed by atoms with van der Waals surface area (Å²) in [5, 5.41) is 13.8. The molecule has 0 spiro atoms. The zero-order valence-electron chi connectivity index (χ0n) is 19.4. The highest BCUT2D eigenvalue weighted by Gasteiger charge is 2.17. The van der Waals surface area contributed by atoms with E-state index in [1.165, 1.54) is 23.5 Å². The van der Waals surface area contributed by atoms with Crippen LogP contribution in [0.1, 0.15) is 16.7 Å². The Morgan fingerprint density at radius 2 is 1.63 bits per heavy atom. The van der Waals surface area contributed by atoms with Crippen LogP contribution < -0.4 is 5.43 Å². The Balaban J connectivity index is 1.47. The Kier molecular flexibility index (Phi) is 8.13. The minimum Gasteiger partial charge on any atom is -0.272 e. The van der Waals surface area contributed by atoms with E-state index in [4.69, 9.17) is 11.6 Å². The maximum atomic E-state index is 12.4. The molecule has 1 heterocycles. The van der Waals surface area contributed by atoms with E-state index in [-0.39, 0.29) is 11.7 Å². The lowest BCUT2D eigenvalue weighted by molar-refractivity contribution is -0.118. The molecule has 0 saturated carbocycles. The molecular weight excluding hydrogens is 478 g/mol. The molecule has 1 N–H and O–H groups in total. The molecule has 176 valence electrons. The van der Waals surface area contributed by atoms with Gasteiger partial charge in [0.25, 0.3) is 5.91 Å². The number of allylic oxidation sites excluding steroid dienone is 1. The second-order valence-electron chi connectivity index (χ2n) is 7.86. The number of thioether (sulfide) groups is 1. The Morgan fingerprint density at radius 3 is 2.31 bits per heavy atom. The highest BCUT2D eigenvalue weighted by atomic mass is 35.5. The first kappa shape index (κ1) is 24.4. The van der Waals surface area contributed by atoms with E-state index in [9.17, 15) is 4.79 Å². The molecule has 0 bridgehead atoms. The predicted molar refractivity (Wildman–Crippen MR) is 144 cm³/mol. The minimum absolute atomic E-state index is 0.120. The first-order chi connectivity index (χ1) is 17.0. The quantitative estimate of drug-likeness (QED) is 0.182. The first-order valence-corrected chi connectivity index (χ1v) is 12.3. The van der Waals surface area contributed by atoms with Crippen LogP contribution in [-0.4, -0.2) is 32.6 Å². The van der Waals surface area contributed by atoms with Crippen LogP contribution in [0.4, 0.5) is 0 Å². The van der Waals surface area contributed by atoms with Crippen LogP contribution in [0.2, 0.25) is 0 Å². The second-order valence-corrected chi connectivity index (χ2v) is 9.24. The fraction of sp³-hybridized carbons (Fsp3) is 0.111. The fourth-order valence-electron chi connectivity index (χ4n) is 3.25. The summed E-state index contributed by atoms with van der Waals surface area (Å²) in [5.41, 5.74) is 7.66. The molecule has 4 rings (SSSR count). The van der Waals surface area contributed by atoms with Gasteiger partial charge in [0.2, 0.25) is 0 Å². The third-order valence-electron chi connectivity index (χ3n) is 5.05. The summed E-state index contributed by atoms with van der Waals surface area (Å²) < 4.78 is 1.96. The summed E-state index contributed by atoms with van der Waals surface area (Å²) in [6, 6.07) is 25.9. The van der Waals surface area contributed by atoms with E-state index in [1.807, 2.05) is 97.3 Å². The van der Waals surface area contributed by atoms with Crippen molar-refractivity contribution in [1.29, 1.82) is 0 Å². The predicted octanol–water partition coefficient (Wildman–Crippen LogP) is 6.03. The van der Waals surface area contributed by atoms with E-state index >= 15 is 0 Å². The highest BCUT2D eigenvalue weighted by Crippen LogP contribution is 2.28. The first-order valence-electron chi connectivity index (χ1n) is 11.0. The van der Waals surface area contributed by atoms with E-state index in [2.05, 4.69) is 20.7 Å². The number of aromatic nitrogens is 3. The lowest BCUT2D eigenvalue weighted by Gasteiger charge is -2.11. The van der Waals surface area contributed by atoms with Crippen LogP contribution in [0.15, 0.2) is 94.2 Å². The smallest absolute Gasteiger partial charge is 0.250 e. The van der Waals surface area contributed by atoms with Gasteiger partial charge in [-0.05, 0) is 37.6 Å². The van der Waals surface area contributed by atoms with E-state index in [1.54, 1.807) is 6.08 Å². The maximum Gasteiger partial charge on any atom is 0.250 e. The van der Waals surface area contributed by atoms with Gasteiger partial charge in [-0.25, -0.2) is 5.43 Å². The van der Waals surface area contributed by atoms with Crippen molar-refractivity contribution in [3.05, 3.63) is 101 Å². The van der Waals surface area contributed by atoms with Gasteiger partial charge in [0.1, 0.15) is 0 Å². The fourth-order valence-corrected chi connectivity index (χ4v) is 4.17. The normalized spacial score (nSPS) is 11.7. The monoisotopic (exact) mass is 501 g/mol. The summed E-state index contributed by atoms with van der Waals surface area (Å²) >= 11 is 7.47. The summed E-state index contributed by atoms with van der Waals surface area (Å²) in [6.45, 7) is 4.08. The van der Waals surface area contributed by atoms with Gasteiger partial charge in [0.05, 0.1) is 17.0 Å². The Morgan fingerprint density at radius 1 is 0.971 bits per heavy atom. The molecule has 0 aliphatic carbocycles. The lowest BCUT2D eigenvalue weighted by Crippen LogP contribution is -2.19. The Labute approximate surface area is 213 Å². The third kappa shape index (κ3) is 6.68. The summed E-state index contributed by atoms with van der Waals surface area (Å²) in [5.74, 6) is 0.563. The van der Waals surface area contributed by atoms with Crippen molar-refractivity contribution < 1.29 is 4.79 Å². The highest BCUT2D eigenvalue weighted by molar-refractivity contribution is 7.99. The molecule has 3 aromatic carbocycles. The number of hydrogen-bond donors (Lipinski definition) is 1. The number of halogens is 1. The molecule has 0 aliphatic heterocycles. The number of carbonyl (C=O) groups is 1. The SMILES string of the molecule is Cc1ccc(-c2nnc(SCC(=O)N/N=C/C(Cl)=C/c3ccccc3)n2-c2ccc(C)cc2)cc1. The largest absolute Gasteiger partial charge is 0.272 e. The summed E-state index contributed by atoms with van der Waals surface area (Å²) in [7, 11) is 0. The van der Waals surface area contributed by atoms with Crippen molar-refractivity contribution in [2.75, 3.05) is 5.75 Å². The molecule has 0 saturated heterocycles. The standard InChI is InChI=1S/C27H24ClN5OS/c1-19-8-12-22(13-9-19)26-31-32-27(33(26)24-14-10-20(2)11-15-24)35-18-25(34)30-29-17-23(28)16-21-6-4-3-5-7-21/h3-17H,18H2,1-2H3,(H,30,34)/b23-16-,29-17+. The molecule has 0 aliphatic rings. The van der Waals surface area contributed by atoms with E-state index in [0.717, 1.165) is 22.4 Å². The van der Waals surface area contributed by atoms with Crippen LogP contribution >= 0.6 is 23.4 Å². The van der Waals surface area contributed by atoms with Crippen LogP contribution in [0.3, 0.4) is 0 Å². The molecule has 0 unspecified atom stereocenters. The zero-order valence-corrected chi connectivity index (χ0v) is 20.9. The van der Waals surface area contributed by atoms with Gasteiger partial charge < -0.3 is 0 Å². The van der Waals surface area contributed by atoms with Crippen molar-refractivity contribution in [3.63, 3.8) is 0 Å². The number of aryl methyl sites for hydroxylation is 2. The molecule has 6 nitrogen and oxygen atoms in total. The molecule has 0 radical (unpaired) electrons. The number of amides is 1. The second kappa shape index (κ2) is 11.6. The van der Waals surface area contributed by atoms with Crippen molar-refractivity contribution in [3.8, 4) is 17.1 Å². The van der Waals surface area contributed by atoms with Crippen LogP contribution in [-0.2, 0) is 4.79 Å². The number of nitrogens with one attached hydrogen (secondary N) is 1. The number of benzene rings is 3. The van der Waals surface area contributed by atoms with Gasteiger partial charge in [0, 0.05) is 11.3 Å². The van der Waals surface area contributed by atoms with E-state index < -0.39 is 0 Å². The molecule has 35 heavy (non-hydrogen) atoms. The maximum absolute atomic E-state index is 12.4. The number of hydrogen-bond acceptors (Lipinski definition) is 5. The van der Waals surface area contributed by atoms with E-state index in [0.29, 0.717) is 16.0 Å². The molecule has 0 atom stereocenters. The lowest BCUT2D eigenvalue weighted by atomic mass is 10.1. The molecule has 1 amide bonds. The van der Waals surface area contributed by atoms with Crippen LogP contribution in [0.5, 0.6) is 0 Å². The minimum atomic E-state index is -0.272. The molecule has 4 aromatic rings. The third-order valence-corrected chi connectivity index (χ3v) is 6.18. The zero-order chi connectivity index (χ0) is 24.6. The number of rotatable bonds is 8. The Hall–Kier alpha value is -3.68. The summed E-state index contributed by atoms with van der Waals surface area (Å²) in [6.07, 6.45) is 3.17. The van der Waals surface area contributed by atoms with Gasteiger partial charge in [-0.2, -0.15) is 5.10 Å². The molecule has 8 heteroatoms.